The molecule has 0 radical (unpaired) electrons. The molecule has 0 bridgehead atoms. The molecule has 5 nitrogen and oxygen atoms in total. The van der Waals surface area contributed by atoms with E-state index in [-0.39, 0.29) is 6.73 Å². The number of para-hydroxylation sites is 1. The van der Waals surface area contributed by atoms with Crippen molar-refractivity contribution in [1.29, 1.82) is 0 Å². The van der Waals surface area contributed by atoms with Crippen LogP contribution in [0.1, 0.15) is 0 Å². The van der Waals surface area contributed by atoms with Crippen molar-refractivity contribution >= 4 is 34.2 Å². The van der Waals surface area contributed by atoms with Crippen molar-refractivity contribution in [1.82, 2.24) is 9.55 Å². The average Bonchev–Trinajstić information content (AvgIpc) is 2.88. The van der Waals surface area contributed by atoms with Crippen LogP contribution in [0.2, 0.25) is 10.3 Å². The minimum atomic E-state index is 0.272. The van der Waals surface area contributed by atoms with Gasteiger partial charge in [0.1, 0.15) is 18.2 Å². The fraction of sp³-hybridized carbons (Fsp3) is 0.235. The third kappa shape index (κ3) is 3.82. The Labute approximate surface area is 149 Å². The first kappa shape index (κ1) is 17.0. The van der Waals surface area contributed by atoms with Crippen LogP contribution >= 0.6 is 23.2 Å². The zero-order chi connectivity index (χ0) is 16.9. The highest BCUT2D eigenvalue weighted by molar-refractivity contribution is 6.33. The summed E-state index contributed by atoms with van der Waals surface area (Å²) in [4.78, 5) is 4.33. The smallest absolute Gasteiger partial charge is 0.205 e. The van der Waals surface area contributed by atoms with E-state index >= 15 is 0 Å². The fourth-order valence-corrected chi connectivity index (χ4v) is 2.64. The van der Waals surface area contributed by atoms with Crippen molar-refractivity contribution in [3.63, 3.8) is 0 Å². The van der Waals surface area contributed by atoms with Crippen LogP contribution in [0.15, 0.2) is 42.5 Å². The Morgan fingerprint density at radius 2 is 1.88 bits per heavy atom. The van der Waals surface area contributed by atoms with Crippen molar-refractivity contribution < 1.29 is 14.2 Å². The number of aromatic nitrogens is 2. The van der Waals surface area contributed by atoms with Gasteiger partial charge in [0.15, 0.2) is 0 Å². The predicted molar refractivity (Wildman–Crippen MR) is 94.1 cm³/mol. The molecule has 0 aliphatic carbocycles. The summed E-state index contributed by atoms with van der Waals surface area (Å²) in [6.45, 7) is 1.25. The summed E-state index contributed by atoms with van der Waals surface area (Å²) in [5, 5.41) is 0.802. The maximum absolute atomic E-state index is 6.35. The second-order valence-electron chi connectivity index (χ2n) is 5.03. The van der Waals surface area contributed by atoms with Gasteiger partial charge in [-0.1, -0.05) is 29.8 Å². The largest absolute Gasteiger partial charge is 0.456 e. The number of fused-ring (bicyclic) bond motifs is 1. The molecule has 7 heteroatoms. The SMILES string of the molecule is COCCOCn1c(Cl)nc2cc(Oc3ccccc3)c(Cl)cc21. The maximum atomic E-state index is 6.35. The summed E-state index contributed by atoms with van der Waals surface area (Å²) in [6.07, 6.45) is 0. The third-order valence-corrected chi connectivity index (χ3v) is 3.96. The van der Waals surface area contributed by atoms with Crippen LogP contribution in [-0.4, -0.2) is 29.9 Å². The van der Waals surface area contributed by atoms with E-state index in [4.69, 9.17) is 37.4 Å². The molecule has 0 N–H and O–H groups in total. The van der Waals surface area contributed by atoms with Gasteiger partial charge in [-0.25, -0.2) is 4.98 Å². The van der Waals surface area contributed by atoms with Crippen molar-refractivity contribution in [2.24, 2.45) is 0 Å². The summed E-state index contributed by atoms with van der Waals surface area (Å²) in [7, 11) is 1.62. The van der Waals surface area contributed by atoms with Crippen LogP contribution < -0.4 is 4.74 Å². The number of rotatable bonds is 7. The molecular weight excluding hydrogens is 351 g/mol. The number of imidazole rings is 1. The molecule has 3 rings (SSSR count). The Bertz CT molecular complexity index is 822. The van der Waals surface area contributed by atoms with Crippen molar-refractivity contribution in [3.05, 3.63) is 52.8 Å². The lowest BCUT2D eigenvalue weighted by atomic mass is 10.3. The van der Waals surface area contributed by atoms with Gasteiger partial charge in [-0.3, -0.25) is 4.57 Å². The molecule has 0 saturated carbocycles. The lowest BCUT2D eigenvalue weighted by molar-refractivity contribution is 0.0359. The Morgan fingerprint density at radius 1 is 1.08 bits per heavy atom. The summed E-state index contributed by atoms with van der Waals surface area (Å²) in [5.41, 5.74) is 1.47. The van der Waals surface area contributed by atoms with Gasteiger partial charge < -0.3 is 14.2 Å². The normalized spacial score (nSPS) is 11.1. The molecule has 24 heavy (non-hydrogen) atoms. The molecule has 0 amide bonds. The molecule has 126 valence electrons. The van der Waals surface area contributed by atoms with E-state index in [0.717, 1.165) is 5.52 Å². The highest BCUT2D eigenvalue weighted by Gasteiger charge is 2.13. The number of hydrogen-bond acceptors (Lipinski definition) is 4. The zero-order valence-electron chi connectivity index (χ0n) is 13.0. The molecule has 0 unspecified atom stereocenters. The number of ether oxygens (including phenoxy) is 3. The van der Waals surface area contributed by atoms with Crippen LogP contribution in [0.3, 0.4) is 0 Å². The summed E-state index contributed by atoms with van der Waals surface area (Å²) in [6, 6.07) is 13.0. The van der Waals surface area contributed by atoms with Crippen molar-refractivity contribution in [2.75, 3.05) is 20.3 Å². The molecule has 0 saturated heterocycles. The molecule has 0 spiro atoms. The number of hydrogen-bond donors (Lipinski definition) is 0. The minimum absolute atomic E-state index is 0.272. The molecule has 3 aromatic rings. The van der Waals surface area contributed by atoms with E-state index in [1.54, 1.807) is 23.8 Å². The first-order valence-corrected chi connectivity index (χ1v) is 8.09. The van der Waals surface area contributed by atoms with E-state index in [1.165, 1.54) is 0 Å². The van der Waals surface area contributed by atoms with Gasteiger partial charge >= 0.3 is 0 Å². The van der Waals surface area contributed by atoms with Crippen molar-refractivity contribution in [2.45, 2.75) is 6.73 Å². The van der Waals surface area contributed by atoms with Crippen LogP contribution in [0, 0.1) is 0 Å². The Hall–Kier alpha value is -1.79. The molecule has 0 atom stereocenters. The highest BCUT2D eigenvalue weighted by atomic mass is 35.5. The van der Waals surface area contributed by atoms with E-state index in [0.29, 0.717) is 40.5 Å². The van der Waals surface area contributed by atoms with Gasteiger partial charge in [0.2, 0.25) is 5.28 Å². The van der Waals surface area contributed by atoms with E-state index in [1.807, 2.05) is 30.3 Å². The summed E-state index contributed by atoms with van der Waals surface area (Å²) in [5.74, 6) is 1.23. The summed E-state index contributed by atoms with van der Waals surface area (Å²) >= 11 is 12.6. The van der Waals surface area contributed by atoms with Crippen LogP contribution in [0.4, 0.5) is 0 Å². The molecular formula is C17H16Cl2N2O3. The minimum Gasteiger partial charge on any atom is -0.456 e. The number of nitrogens with zero attached hydrogens (tertiary/aromatic N) is 2. The first-order chi connectivity index (χ1) is 11.7. The van der Waals surface area contributed by atoms with Gasteiger partial charge in [-0.2, -0.15) is 0 Å². The van der Waals surface area contributed by atoms with Gasteiger partial charge in [-0.15, -0.1) is 0 Å². The Morgan fingerprint density at radius 3 is 2.62 bits per heavy atom. The molecule has 1 aromatic heterocycles. The molecule has 0 aliphatic heterocycles. The van der Waals surface area contributed by atoms with Crippen LogP contribution in [-0.2, 0) is 16.2 Å². The predicted octanol–water partition coefficient (Wildman–Crippen LogP) is 4.76. The topological polar surface area (TPSA) is 45.5 Å². The van der Waals surface area contributed by atoms with Crippen LogP contribution in [0.25, 0.3) is 11.0 Å². The second kappa shape index (κ2) is 7.85. The third-order valence-electron chi connectivity index (χ3n) is 3.38. The number of methoxy groups -OCH3 is 1. The van der Waals surface area contributed by atoms with Gasteiger partial charge in [0.05, 0.1) is 29.3 Å². The van der Waals surface area contributed by atoms with Gasteiger partial charge in [-0.05, 0) is 29.8 Å². The second-order valence-corrected chi connectivity index (χ2v) is 5.77. The lowest BCUT2D eigenvalue weighted by Gasteiger charge is -2.09. The standard InChI is InChI=1S/C17H16Cl2N2O3/c1-22-7-8-23-11-21-15-9-13(18)16(10-14(15)20-17(21)19)24-12-5-3-2-4-6-12/h2-6,9-10H,7-8,11H2,1H3. The van der Waals surface area contributed by atoms with Crippen molar-refractivity contribution in [3.8, 4) is 11.5 Å². The average molecular weight is 367 g/mol. The Kier molecular flexibility index (Phi) is 5.58. The molecule has 1 heterocycles. The maximum Gasteiger partial charge on any atom is 0.205 e. The molecule has 0 fully saturated rings. The zero-order valence-corrected chi connectivity index (χ0v) is 14.5. The van der Waals surface area contributed by atoms with Gasteiger partial charge in [0, 0.05) is 13.2 Å². The van der Waals surface area contributed by atoms with E-state index in [2.05, 4.69) is 4.98 Å². The monoisotopic (exact) mass is 366 g/mol. The van der Waals surface area contributed by atoms with Crippen LogP contribution in [0.5, 0.6) is 11.5 Å². The van der Waals surface area contributed by atoms with E-state index in [9.17, 15) is 0 Å². The number of halogens is 2. The number of benzene rings is 2. The lowest BCUT2D eigenvalue weighted by Crippen LogP contribution is -2.07. The molecule has 0 aliphatic rings. The van der Waals surface area contributed by atoms with E-state index < -0.39 is 0 Å². The summed E-state index contributed by atoms with van der Waals surface area (Å²) < 4.78 is 18.0. The first-order valence-electron chi connectivity index (χ1n) is 7.34. The van der Waals surface area contributed by atoms with Gasteiger partial charge in [0.25, 0.3) is 0 Å². The highest BCUT2D eigenvalue weighted by Crippen LogP contribution is 2.34. The quantitative estimate of drug-likeness (QED) is 0.565. The Balaban J connectivity index is 1.86. The molecule has 2 aromatic carbocycles. The fourth-order valence-electron chi connectivity index (χ4n) is 2.21.